The highest BCUT2D eigenvalue weighted by Gasteiger charge is 2.50. The molecule has 0 radical (unpaired) electrons. The van der Waals surface area contributed by atoms with Crippen molar-refractivity contribution in [1.29, 1.82) is 0 Å². The third-order valence-corrected chi connectivity index (χ3v) is 4.85. The number of fused-ring (bicyclic) bond motifs is 1. The van der Waals surface area contributed by atoms with Crippen LogP contribution in [0.5, 0.6) is 0 Å². The van der Waals surface area contributed by atoms with Crippen LogP contribution >= 0.6 is 0 Å². The maximum atomic E-state index is 6.56. The Balaban J connectivity index is 2.00. The fourth-order valence-corrected chi connectivity index (χ4v) is 3.75. The number of nitrogen functional groups attached to an aromatic ring is 1. The summed E-state index contributed by atoms with van der Waals surface area (Å²) in [6.07, 6.45) is 2.70. The smallest absolute Gasteiger partial charge is 0.167 e. The van der Waals surface area contributed by atoms with E-state index < -0.39 is 6.23 Å². The second-order valence-electron chi connectivity index (χ2n) is 9.94. The van der Waals surface area contributed by atoms with E-state index in [9.17, 15) is 0 Å². The standard InChI is InChI=1S/C21H35N5O4/c1-20(2,3)10-13-15(30-21(4,5)6)16(28-9-8-27-7)19(29-13)26-12-25-14-17(22)23-11-24-18(14)26/h11-13,15-16,19H,8-10H2,1-7H3,(H2,22,23,24)/t13-,15?,16+,19-/m1/s1. The van der Waals surface area contributed by atoms with Crippen molar-refractivity contribution in [3.05, 3.63) is 12.7 Å². The Hall–Kier alpha value is -1.81. The van der Waals surface area contributed by atoms with Crippen LogP contribution in [0.15, 0.2) is 12.7 Å². The number of anilines is 1. The van der Waals surface area contributed by atoms with Gasteiger partial charge in [0.25, 0.3) is 0 Å². The molecule has 0 spiro atoms. The Morgan fingerprint density at radius 1 is 1.07 bits per heavy atom. The molecule has 2 aromatic heterocycles. The van der Waals surface area contributed by atoms with E-state index in [0.29, 0.717) is 30.2 Å². The number of hydrogen-bond acceptors (Lipinski definition) is 8. The first kappa shape index (κ1) is 22.9. The highest BCUT2D eigenvalue weighted by Crippen LogP contribution is 2.41. The minimum atomic E-state index is -0.458. The minimum absolute atomic E-state index is 0.0553. The summed E-state index contributed by atoms with van der Waals surface area (Å²) in [6, 6.07) is 0. The molecule has 168 valence electrons. The van der Waals surface area contributed by atoms with E-state index in [4.69, 9.17) is 24.7 Å². The molecule has 0 aliphatic carbocycles. The zero-order valence-corrected chi connectivity index (χ0v) is 19.1. The van der Waals surface area contributed by atoms with Gasteiger partial charge in [0.05, 0.1) is 31.2 Å². The first-order valence-electron chi connectivity index (χ1n) is 10.4. The number of nitrogens with zero attached hydrogens (tertiary/aromatic N) is 4. The van der Waals surface area contributed by atoms with Gasteiger partial charge in [0.1, 0.15) is 24.1 Å². The molecule has 1 aliphatic rings. The molecule has 9 nitrogen and oxygen atoms in total. The predicted octanol–water partition coefficient (Wildman–Crippen LogP) is 2.96. The Morgan fingerprint density at radius 3 is 2.43 bits per heavy atom. The Labute approximate surface area is 178 Å². The van der Waals surface area contributed by atoms with Crippen LogP contribution in [0, 0.1) is 5.41 Å². The van der Waals surface area contributed by atoms with Crippen molar-refractivity contribution >= 4 is 17.0 Å². The zero-order chi connectivity index (χ0) is 22.1. The molecule has 2 N–H and O–H groups in total. The number of methoxy groups -OCH3 is 1. The number of nitrogens with two attached hydrogens (primary N) is 1. The average molecular weight is 422 g/mol. The van der Waals surface area contributed by atoms with E-state index in [-0.39, 0.29) is 29.3 Å². The Bertz CT molecular complexity index is 842. The topological polar surface area (TPSA) is 107 Å². The molecule has 2 aromatic rings. The molecule has 1 aliphatic heterocycles. The molecule has 1 saturated heterocycles. The average Bonchev–Trinajstić information content (AvgIpc) is 3.16. The quantitative estimate of drug-likeness (QED) is 0.680. The second kappa shape index (κ2) is 8.74. The SMILES string of the molecule is COCCO[C@H]1C(OC(C)(C)C)[C@@H](CC(C)(C)C)O[C@H]1n1cnc2c(N)ncnc21. The molecule has 0 aromatic carbocycles. The van der Waals surface area contributed by atoms with Crippen LogP contribution in [0.25, 0.3) is 11.2 Å². The molecular formula is C21H35N5O4. The Morgan fingerprint density at radius 2 is 1.80 bits per heavy atom. The van der Waals surface area contributed by atoms with E-state index >= 15 is 0 Å². The van der Waals surface area contributed by atoms with Crippen LogP contribution in [-0.2, 0) is 18.9 Å². The van der Waals surface area contributed by atoms with Gasteiger partial charge < -0.3 is 24.7 Å². The highest BCUT2D eigenvalue weighted by atomic mass is 16.6. The monoisotopic (exact) mass is 421 g/mol. The van der Waals surface area contributed by atoms with Gasteiger partial charge in [0.2, 0.25) is 0 Å². The summed E-state index contributed by atoms with van der Waals surface area (Å²) >= 11 is 0. The predicted molar refractivity (Wildman–Crippen MR) is 114 cm³/mol. The van der Waals surface area contributed by atoms with Gasteiger partial charge in [-0.05, 0) is 32.6 Å². The van der Waals surface area contributed by atoms with Gasteiger partial charge in [0, 0.05) is 7.11 Å². The summed E-state index contributed by atoms with van der Waals surface area (Å²) in [6.45, 7) is 13.6. The van der Waals surface area contributed by atoms with E-state index in [0.717, 1.165) is 6.42 Å². The molecule has 1 unspecified atom stereocenters. The number of aromatic nitrogens is 4. The maximum absolute atomic E-state index is 6.56. The lowest BCUT2D eigenvalue weighted by Crippen LogP contribution is -2.43. The lowest BCUT2D eigenvalue weighted by molar-refractivity contribution is -0.134. The van der Waals surface area contributed by atoms with Crippen LogP contribution in [0.2, 0.25) is 0 Å². The van der Waals surface area contributed by atoms with E-state index in [1.807, 2.05) is 25.3 Å². The molecule has 0 saturated carbocycles. The van der Waals surface area contributed by atoms with Crippen molar-refractivity contribution in [3.63, 3.8) is 0 Å². The van der Waals surface area contributed by atoms with Crippen LogP contribution in [0.4, 0.5) is 5.82 Å². The molecule has 4 atom stereocenters. The fourth-order valence-electron chi connectivity index (χ4n) is 3.75. The van der Waals surface area contributed by atoms with Gasteiger partial charge in [-0.1, -0.05) is 20.8 Å². The normalized spacial score (nSPS) is 25.3. The van der Waals surface area contributed by atoms with Crippen LogP contribution in [-0.4, -0.2) is 63.8 Å². The molecular weight excluding hydrogens is 386 g/mol. The third kappa shape index (κ3) is 5.26. The summed E-state index contributed by atoms with van der Waals surface area (Å²) in [5.41, 5.74) is 6.84. The van der Waals surface area contributed by atoms with E-state index in [1.165, 1.54) is 6.33 Å². The van der Waals surface area contributed by atoms with Gasteiger partial charge in [-0.2, -0.15) is 0 Å². The van der Waals surface area contributed by atoms with Gasteiger partial charge in [0.15, 0.2) is 17.7 Å². The van der Waals surface area contributed by atoms with E-state index in [2.05, 4.69) is 35.7 Å². The van der Waals surface area contributed by atoms with Crippen molar-refractivity contribution in [2.45, 2.75) is 78.1 Å². The molecule has 9 heteroatoms. The molecule has 3 heterocycles. The molecule has 1 fully saturated rings. The summed E-state index contributed by atoms with van der Waals surface area (Å²) in [7, 11) is 1.65. The molecule has 0 bridgehead atoms. The maximum Gasteiger partial charge on any atom is 0.167 e. The molecule has 3 rings (SSSR count). The first-order chi connectivity index (χ1) is 14.0. The van der Waals surface area contributed by atoms with Gasteiger partial charge in [-0.15, -0.1) is 0 Å². The van der Waals surface area contributed by atoms with Crippen molar-refractivity contribution in [2.75, 3.05) is 26.1 Å². The highest BCUT2D eigenvalue weighted by molar-refractivity contribution is 5.81. The van der Waals surface area contributed by atoms with E-state index in [1.54, 1.807) is 13.4 Å². The lowest BCUT2D eigenvalue weighted by Gasteiger charge is -2.33. The van der Waals surface area contributed by atoms with Crippen molar-refractivity contribution in [2.24, 2.45) is 5.41 Å². The minimum Gasteiger partial charge on any atom is -0.382 e. The van der Waals surface area contributed by atoms with Gasteiger partial charge >= 0.3 is 0 Å². The van der Waals surface area contributed by atoms with Crippen LogP contribution < -0.4 is 5.73 Å². The van der Waals surface area contributed by atoms with Crippen molar-refractivity contribution in [1.82, 2.24) is 19.5 Å². The molecule has 30 heavy (non-hydrogen) atoms. The second-order valence-corrected chi connectivity index (χ2v) is 9.94. The third-order valence-electron chi connectivity index (χ3n) is 4.85. The largest absolute Gasteiger partial charge is 0.382 e. The van der Waals surface area contributed by atoms with Crippen molar-refractivity contribution < 1.29 is 18.9 Å². The molecule has 0 amide bonds. The fraction of sp³-hybridized carbons (Fsp3) is 0.762. The van der Waals surface area contributed by atoms with Crippen molar-refractivity contribution in [3.8, 4) is 0 Å². The van der Waals surface area contributed by atoms with Gasteiger partial charge in [-0.25, -0.2) is 15.0 Å². The zero-order valence-electron chi connectivity index (χ0n) is 19.1. The summed E-state index contributed by atoms with van der Waals surface area (Å²) in [4.78, 5) is 12.8. The summed E-state index contributed by atoms with van der Waals surface area (Å²) in [5, 5.41) is 0. The summed E-state index contributed by atoms with van der Waals surface area (Å²) in [5.74, 6) is 0.335. The number of ether oxygens (including phenoxy) is 4. The number of hydrogen-bond donors (Lipinski definition) is 1. The number of rotatable bonds is 7. The number of imidazole rings is 1. The van der Waals surface area contributed by atoms with Crippen LogP contribution in [0.1, 0.15) is 54.2 Å². The first-order valence-corrected chi connectivity index (χ1v) is 10.4. The summed E-state index contributed by atoms with van der Waals surface area (Å²) < 4.78 is 26.4. The lowest BCUT2D eigenvalue weighted by atomic mass is 9.87. The van der Waals surface area contributed by atoms with Crippen LogP contribution in [0.3, 0.4) is 0 Å². The van der Waals surface area contributed by atoms with Gasteiger partial charge in [-0.3, -0.25) is 4.57 Å². The Kier molecular flexibility index (Phi) is 6.66.